The molecule has 0 aliphatic carbocycles. The van der Waals surface area contributed by atoms with Gasteiger partial charge in [0.25, 0.3) is 11.5 Å². The van der Waals surface area contributed by atoms with Crippen LogP contribution in [0.1, 0.15) is 40.5 Å². The lowest BCUT2D eigenvalue weighted by Gasteiger charge is -2.30. The number of piperidine rings is 1. The number of halogens is 6. The summed E-state index contributed by atoms with van der Waals surface area (Å²) in [6, 6.07) is 4.83. The van der Waals surface area contributed by atoms with Crippen molar-refractivity contribution in [3.8, 4) is 6.01 Å². The van der Waals surface area contributed by atoms with E-state index in [1.54, 1.807) is 0 Å². The Morgan fingerprint density at radius 2 is 1.85 bits per heavy atom. The molecule has 1 saturated heterocycles. The van der Waals surface area contributed by atoms with Crippen LogP contribution >= 0.6 is 23.2 Å². The van der Waals surface area contributed by atoms with Crippen molar-refractivity contribution in [2.75, 3.05) is 13.1 Å². The second kappa shape index (κ2) is 10.6. The lowest BCUT2D eigenvalue weighted by molar-refractivity contribution is -0.727. The number of H-pyrrole nitrogens is 2. The number of nitrogens with one attached hydrogen (secondary N) is 2. The maximum Gasteiger partial charge on any atom is 0.491 e. The number of rotatable bonds is 5. The van der Waals surface area contributed by atoms with Crippen molar-refractivity contribution in [2.24, 2.45) is 0 Å². The van der Waals surface area contributed by atoms with Gasteiger partial charge in [0, 0.05) is 44.2 Å². The van der Waals surface area contributed by atoms with E-state index in [1.807, 2.05) is 0 Å². The van der Waals surface area contributed by atoms with E-state index >= 15 is 0 Å². The van der Waals surface area contributed by atoms with Crippen LogP contribution in [-0.4, -0.2) is 50.4 Å². The molecule has 5 rings (SSSR count). The quantitative estimate of drug-likeness (QED) is 0.203. The Morgan fingerprint density at radius 1 is 1.12 bits per heavy atom. The number of imidazole rings is 1. The largest absolute Gasteiger partial charge is 0.491 e. The number of fused-ring (bicyclic) bond motifs is 1. The van der Waals surface area contributed by atoms with Gasteiger partial charge in [-0.05, 0) is 23.8 Å². The molecule has 1 aliphatic heterocycles. The standard InChI is InChI=1S/C25H19Cl2F4N5O4/c26-17-11-19-21(37)33-12-15(36(19)20(17)27)9-13-1-2-18(28)16(10-13)22(38)34-6-3-14(4-7-34)35-8-5-32-24(35)40-23(39)25(29,30)31/h1-2,5,8,10-12,14H,3-4,6-7,9H2,(H,33,37)/p+1. The maximum atomic E-state index is 14.8. The van der Waals surface area contributed by atoms with Crippen molar-refractivity contribution < 1.29 is 36.5 Å². The number of hydrogen-bond donors (Lipinski definition) is 2. The molecule has 4 aromatic rings. The summed E-state index contributed by atoms with van der Waals surface area (Å²) in [5.74, 6) is -3.61. The molecule has 3 aromatic heterocycles. The van der Waals surface area contributed by atoms with Crippen LogP contribution in [0.2, 0.25) is 10.2 Å². The number of aromatic amines is 2. The zero-order valence-corrected chi connectivity index (χ0v) is 21.9. The number of esters is 1. The monoisotopic (exact) mass is 600 g/mol. The Hall–Kier alpha value is -3.84. The number of alkyl halides is 3. The van der Waals surface area contributed by atoms with Crippen molar-refractivity contribution in [3.05, 3.63) is 86.0 Å². The maximum absolute atomic E-state index is 14.8. The predicted octanol–water partition coefficient (Wildman–Crippen LogP) is 4.22. The number of carbonyl (C=O) groups is 2. The van der Waals surface area contributed by atoms with Crippen molar-refractivity contribution in [3.63, 3.8) is 0 Å². The highest BCUT2D eigenvalue weighted by atomic mass is 35.5. The second-order valence-corrected chi connectivity index (χ2v) is 9.95. The Labute approximate surface area is 232 Å². The van der Waals surface area contributed by atoms with Crippen molar-refractivity contribution in [1.82, 2.24) is 19.3 Å². The van der Waals surface area contributed by atoms with Gasteiger partial charge < -0.3 is 14.6 Å². The van der Waals surface area contributed by atoms with Gasteiger partial charge in [0.05, 0.1) is 10.6 Å². The summed E-state index contributed by atoms with van der Waals surface area (Å²) in [4.78, 5) is 43.2. The third-order valence-corrected chi connectivity index (χ3v) is 7.43. The lowest BCUT2D eigenvalue weighted by Crippen LogP contribution is -2.48. The first kappa shape index (κ1) is 27.7. The molecule has 1 aliphatic rings. The summed E-state index contributed by atoms with van der Waals surface area (Å²) in [6.07, 6.45) is -0.0496. The fourth-order valence-electron chi connectivity index (χ4n) is 4.74. The fourth-order valence-corrected chi connectivity index (χ4v) is 5.18. The predicted molar refractivity (Wildman–Crippen MR) is 134 cm³/mol. The van der Waals surface area contributed by atoms with E-state index in [0.29, 0.717) is 24.1 Å². The topological polar surface area (TPSA) is 104 Å². The highest BCUT2D eigenvalue weighted by molar-refractivity contribution is 6.42. The molecule has 1 amide bonds. The zero-order chi connectivity index (χ0) is 28.8. The van der Waals surface area contributed by atoms with Gasteiger partial charge in [0.15, 0.2) is 0 Å². The molecule has 0 saturated carbocycles. The summed E-state index contributed by atoms with van der Waals surface area (Å²) in [7, 11) is 0. The molecule has 2 N–H and O–H groups in total. The van der Waals surface area contributed by atoms with E-state index in [0.717, 1.165) is 0 Å². The third-order valence-electron chi connectivity index (χ3n) is 6.68. The van der Waals surface area contributed by atoms with Crippen LogP contribution < -0.4 is 14.9 Å². The number of carbonyl (C=O) groups excluding carboxylic acids is 2. The molecule has 0 atom stereocenters. The van der Waals surface area contributed by atoms with Crippen LogP contribution in [0.15, 0.2) is 47.7 Å². The normalized spacial score (nSPS) is 14.6. The average molecular weight is 601 g/mol. The molecule has 0 bridgehead atoms. The van der Waals surface area contributed by atoms with Crippen LogP contribution in [-0.2, 0) is 11.2 Å². The van der Waals surface area contributed by atoms with Gasteiger partial charge in [-0.25, -0.2) is 14.2 Å². The average Bonchev–Trinajstić information content (AvgIpc) is 3.50. The van der Waals surface area contributed by atoms with Crippen LogP contribution in [0.25, 0.3) is 5.52 Å². The van der Waals surface area contributed by atoms with Gasteiger partial charge in [0.1, 0.15) is 34.9 Å². The summed E-state index contributed by atoms with van der Waals surface area (Å²) < 4.78 is 59.9. The third kappa shape index (κ3) is 5.30. The highest BCUT2D eigenvalue weighted by Crippen LogP contribution is 2.28. The van der Waals surface area contributed by atoms with E-state index in [2.05, 4.69) is 14.7 Å². The van der Waals surface area contributed by atoms with Crippen molar-refractivity contribution in [1.29, 1.82) is 0 Å². The Kier molecular flexibility index (Phi) is 7.36. The molecule has 1 aromatic carbocycles. The van der Waals surface area contributed by atoms with Crippen molar-refractivity contribution in [2.45, 2.75) is 31.5 Å². The number of aromatic nitrogens is 4. The second-order valence-electron chi connectivity index (χ2n) is 9.19. The molecule has 0 spiro atoms. The van der Waals surface area contributed by atoms with Gasteiger partial charge in [-0.3, -0.25) is 14.0 Å². The molecule has 9 nitrogen and oxygen atoms in total. The first-order valence-electron chi connectivity index (χ1n) is 12.0. The van der Waals surface area contributed by atoms with Gasteiger partial charge in [0.2, 0.25) is 0 Å². The minimum absolute atomic E-state index is 0.149. The van der Waals surface area contributed by atoms with Crippen molar-refractivity contribution >= 4 is 40.6 Å². The van der Waals surface area contributed by atoms with E-state index in [-0.39, 0.29) is 58.4 Å². The van der Waals surface area contributed by atoms with Crippen LogP contribution in [0.3, 0.4) is 0 Å². The SMILES string of the molecule is O=C(c1cc(Cc2c[nH]c(=O)c3cc(Cl)c(Cl)n23)ccc1F)N1CCC([n+]2cc[nH]c2OC(=O)C(F)(F)F)CC1. The number of amides is 1. The Morgan fingerprint density at radius 3 is 2.55 bits per heavy atom. The summed E-state index contributed by atoms with van der Waals surface area (Å²) >= 11 is 12.4. The molecular formula is C25H20Cl2F4N5O4+. The van der Waals surface area contributed by atoms with Crippen LogP contribution in [0, 0.1) is 5.82 Å². The Balaban J connectivity index is 1.30. The smallest absolute Gasteiger partial charge is 0.350 e. The Bertz CT molecular complexity index is 1670. The number of benzene rings is 1. The molecular weight excluding hydrogens is 581 g/mol. The van der Waals surface area contributed by atoms with Crippen LogP contribution in [0.4, 0.5) is 17.6 Å². The van der Waals surface area contributed by atoms with E-state index in [1.165, 1.54) is 56.7 Å². The summed E-state index contributed by atoms with van der Waals surface area (Å²) in [5, 5.41) is 0.345. The number of hydrogen-bond acceptors (Lipinski definition) is 4. The van der Waals surface area contributed by atoms with Gasteiger partial charge in [-0.1, -0.05) is 29.3 Å². The molecule has 0 radical (unpaired) electrons. The van der Waals surface area contributed by atoms with E-state index in [9.17, 15) is 31.9 Å². The first-order valence-corrected chi connectivity index (χ1v) is 12.7. The van der Waals surface area contributed by atoms with E-state index in [4.69, 9.17) is 23.2 Å². The van der Waals surface area contributed by atoms with Gasteiger partial charge in [-0.2, -0.15) is 17.7 Å². The molecule has 1 fully saturated rings. The highest BCUT2D eigenvalue weighted by Gasteiger charge is 2.43. The number of likely N-dealkylation sites (tertiary alicyclic amines) is 1. The lowest BCUT2D eigenvalue weighted by atomic mass is 10.0. The number of ether oxygens (including phenoxy) is 1. The van der Waals surface area contributed by atoms with Crippen LogP contribution in [0.5, 0.6) is 6.01 Å². The van der Waals surface area contributed by atoms with Gasteiger partial charge >= 0.3 is 18.2 Å². The first-order chi connectivity index (χ1) is 18.9. The molecule has 0 unspecified atom stereocenters. The minimum atomic E-state index is -5.15. The fraction of sp³-hybridized carbons (Fsp3) is 0.280. The molecule has 210 valence electrons. The van der Waals surface area contributed by atoms with E-state index < -0.39 is 23.9 Å². The molecule has 15 heteroatoms. The summed E-state index contributed by atoms with van der Waals surface area (Å²) in [5.41, 5.74) is 0.836. The minimum Gasteiger partial charge on any atom is -0.350 e. The number of nitrogens with zero attached hydrogens (tertiary/aromatic N) is 3. The summed E-state index contributed by atoms with van der Waals surface area (Å²) in [6.45, 7) is 0.381. The van der Waals surface area contributed by atoms with Gasteiger partial charge in [-0.15, -0.1) is 0 Å². The zero-order valence-electron chi connectivity index (χ0n) is 20.4. The molecule has 4 heterocycles. The molecule has 40 heavy (non-hydrogen) atoms.